The van der Waals surface area contributed by atoms with Crippen LogP contribution in [0.5, 0.6) is 0 Å². The van der Waals surface area contributed by atoms with Gasteiger partial charge in [-0.3, -0.25) is 4.79 Å². The molecule has 0 unspecified atom stereocenters. The number of nitrogens with zero attached hydrogens (tertiary/aromatic N) is 2. The van der Waals surface area contributed by atoms with E-state index >= 15 is 0 Å². The second kappa shape index (κ2) is 8.81. The summed E-state index contributed by atoms with van der Waals surface area (Å²) in [5, 5.41) is 11.0. The molecule has 1 aliphatic rings. The van der Waals surface area contributed by atoms with Crippen LogP contribution in [0, 0.1) is 6.92 Å². The van der Waals surface area contributed by atoms with Crippen LogP contribution in [-0.4, -0.2) is 49.5 Å². The second-order valence-electron chi connectivity index (χ2n) is 6.25. The van der Waals surface area contributed by atoms with E-state index in [0.717, 1.165) is 25.0 Å². The number of rotatable bonds is 7. The molecule has 1 aromatic carbocycles. The van der Waals surface area contributed by atoms with Crippen molar-refractivity contribution in [2.75, 3.05) is 18.9 Å². The van der Waals surface area contributed by atoms with Gasteiger partial charge in [0.15, 0.2) is 5.03 Å². The van der Waals surface area contributed by atoms with Crippen molar-refractivity contribution in [1.29, 1.82) is 0 Å². The fourth-order valence-corrected chi connectivity index (χ4v) is 4.37. The summed E-state index contributed by atoms with van der Waals surface area (Å²) in [6.45, 7) is 3.15. The summed E-state index contributed by atoms with van der Waals surface area (Å²) >= 11 is 1.21. The summed E-state index contributed by atoms with van der Waals surface area (Å²) in [7, 11) is -3.70. The summed E-state index contributed by atoms with van der Waals surface area (Å²) in [5.41, 5.74) is 0.976. The van der Waals surface area contributed by atoms with Crippen molar-refractivity contribution in [3.8, 4) is 0 Å². The number of nitrogens with one attached hydrogen (secondary N) is 1. The highest BCUT2D eigenvalue weighted by Crippen LogP contribution is 2.21. The molecule has 1 aliphatic heterocycles. The molecule has 1 aromatic heterocycles. The molecule has 1 fully saturated rings. The SMILES string of the molecule is Cc1ccc(S(=O)(=O)c2ccc(SCC(=O)NC[C@H]3CCCO3)nn2)cc1. The predicted molar refractivity (Wildman–Crippen MR) is 101 cm³/mol. The zero-order chi connectivity index (χ0) is 19.3. The molecule has 1 amide bonds. The number of carbonyl (C=O) groups is 1. The lowest BCUT2D eigenvalue weighted by Gasteiger charge is -2.10. The van der Waals surface area contributed by atoms with Gasteiger partial charge in [0.25, 0.3) is 0 Å². The third kappa shape index (κ3) is 5.27. The van der Waals surface area contributed by atoms with Gasteiger partial charge in [-0.15, -0.1) is 10.2 Å². The number of ether oxygens (including phenoxy) is 1. The molecule has 0 spiro atoms. The normalized spacial score (nSPS) is 17.0. The minimum absolute atomic E-state index is 0.102. The molecule has 0 saturated carbocycles. The molecule has 0 aliphatic carbocycles. The molecule has 1 atom stereocenters. The molecule has 2 heterocycles. The number of benzene rings is 1. The van der Waals surface area contributed by atoms with E-state index in [0.29, 0.717) is 11.6 Å². The largest absolute Gasteiger partial charge is 0.376 e. The lowest BCUT2D eigenvalue weighted by atomic mass is 10.2. The Labute approximate surface area is 162 Å². The van der Waals surface area contributed by atoms with Gasteiger partial charge in [-0.25, -0.2) is 8.42 Å². The maximum Gasteiger partial charge on any atom is 0.230 e. The minimum atomic E-state index is -3.70. The summed E-state index contributed by atoms with van der Waals surface area (Å²) < 4.78 is 30.5. The molecule has 144 valence electrons. The molecule has 27 heavy (non-hydrogen) atoms. The van der Waals surface area contributed by atoms with E-state index in [1.165, 1.54) is 17.8 Å². The smallest absolute Gasteiger partial charge is 0.230 e. The van der Waals surface area contributed by atoms with E-state index in [4.69, 9.17) is 4.74 Å². The Morgan fingerprint density at radius 1 is 1.22 bits per heavy atom. The standard InChI is InChI=1S/C18H21N3O4S2/c1-13-4-6-15(7-5-13)27(23,24)18-9-8-17(20-21-18)26-12-16(22)19-11-14-3-2-10-25-14/h4-9,14H,2-3,10-12H2,1H3,(H,19,22)/t14-/m1/s1. The monoisotopic (exact) mass is 407 g/mol. The highest BCUT2D eigenvalue weighted by molar-refractivity contribution is 7.99. The van der Waals surface area contributed by atoms with E-state index in [2.05, 4.69) is 15.5 Å². The van der Waals surface area contributed by atoms with Gasteiger partial charge in [-0.2, -0.15) is 0 Å². The first-order valence-corrected chi connectivity index (χ1v) is 11.1. The molecule has 9 heteroatoms. The van der Waals surface area contributed by atoms with Crippen LogP contribution in [0.3, 0.4) is 0 Å². The first-order valence-electron chi connectivity index (χ1n) is 8.62. The molecule has 2 aromatic rings. The van der Waals surface area contributed by atoms with Crippen molar-refractivity contribution in [2.45, 2.75) is 40.8 Å². The topological polar surface area (TPSA) is 98.2 Å². The number of amides is 1. The summed E-state index contributed by atoms with van der Waals surface area (Å²) in [4.78, 5) is 12.1. The molecule has 7 nitrogen and oxygen atoms in total. The number of aromatic nitrogens is 2. The quantitative estimate of drug-likeness (QED) is 0.701. The molecule has 1 saturated heterocycles. The van der Waals surface area contributed by atoms with Crippen LogP contribution in [0.4, 0.5) is 0 Å². The highest BCUT2D eigenvalue weighted by Gasteiger charge is 2.20. The Bertz CT molecular complexity index is 878. The van der Waals surface area contributed by atoms with Crippen LogP contribution < -0.4 is 5.32 Å². The number of sulfone groups is 1. The Hall–Kier alpha value is -1.97. The molecular weight excluding hydrogens is 386 g/mol. The van der Waals surface area contributed by atoms with Crippen molar-refractivity contribution in [1.82, 2.24) is 15.5 Å². The zero-order valence-electron chi connectivity index (χ0n) is 14.9. The number of aryl methyl sites for hydroxylation is 1. The molecule has 0 radical (unpaired) electrons. The zero-order valence-corrected chi connectivity index (χ0v) is 16.6. The van der Waals surface area contributed by atoms with Gasteiger partial charge >= 0.3 is 0 Å². The number of hydrogen-bond acceptors (Lipinski definition) is 7. The fourth-order valence-electron chi connectivity index (χ4n) is 2.59. The average molecular weight is 408 g/mol. The maximum absolute atomic E-state index is 12.5. The van der Waals surface area contributed by atoms with Gasteiger partial charge in [0.2, 0.25) is 15.7 Å². The van der Waals surface area contributed by atoms with E-state index in [1.54, 1.807) is 30.3 Å². The average Bonchev–Trinajstić information content (AvgIpc) is 3.19. The second-order valence-corrected chi connectivity index (χ2v) is 9.15. The Morgan fingerprint density at radius 2 is 2.00 bits per heavy atom. The van der Waals surface area contributed by atoms with E-state index in [1.807, 2.05) is 6.92 Å². The number of carbonyl (C=O) groups excluding carboxylic acids is 1. The molecule has 0 bridgehead atoms. The van der Waals surface area contributed by atoms with Crippen LogP contribution in [0.2, 0.25) is 0 Å². The maximum atomic E-state index is 12.5. The summed E-state index contributed by atoms with van der Waals surface area (Å²) in [6, 6.07) is 9.54. The van der Waals surface area contributed by atoms with Gasteiger partial charge in [0.05, 0.1) is 16.8 Å². The summed E-state index contributed by atoms with van der Waals surface area (Å²) in [5.74, 6) is 0.0690. The molecule has 3 rings (SSSR count). The van der Waals surface area contributed by atoms with Gasteiger partial charge in [0.1, 0.15) is 5.03 Å². The Kier molecular flexibility index (Phi) is 6.46. The number of thioether (sulfide) groups is 1. The highest BCUT2D eigenvalue weighted by atomic mass is 32.2. The Balaban J connectivity index is 1.55. The van der Waals surface area contributed by atoms with Crippen molar-refractivity contribution < 1.29 is 17.9 Å². The first kappa shape index (κ1) is 19.8. The van der Waals surface area contributed by atoms with Crippen LogP contribution >= 0.6 is 11.8 Å². The van der Waals surface area contributed by atoms with Crippen molar-refractivity contribution >= 4 is 27.5 Å². The van der Waals surface area contributed by atoms with Gasteiger partial charge in [-0.05, 0) is 44.0 Å². The van der Waals surface area contributed by atoms with Gasteiger partial charge in [-0.1, -0.05) is 29.5 Å². The molecule has 1 N–H and O–H groups in total. The van der Waals surface area contributed by atoms with Gasteiger partial charge in [0, 0.05) is 13.2 Å². The third-order valence-electron chi connectivity index (χ3n) is 4.12. The van der Waals surface area contributed by atoms with E-state index < -0.39 is 9.84 Å². The van der Waals surface area contributed by atoms with Crippen LogP contribution in [0.1, 0.15) is 18.4 Å². The van der Waals surface area contributed by atoms with E-state index in [-0.39, 0.29) is 27.7 Å². The van der Waals surface area contributed by atoms with Crippen molar-refractivity contribution in [3.05, 3.63) is 42.0 Å². The molecular formula is C18H21N3O4S2. The lowest BCUT2D eigenvalue weighted by molar-refractivity contribution is -0.119. The first-order chi connectivity index (χ1) is 12.9. The predicted octanol–water partition coefficient (Wildman–Crippen LogP) is 2.01. The lowest BCUT2D eigenvalue weighted by Crippen LogP contribution is -2.32. The minimum Gasteiger partial charge on any atom is -0.376 e. The van der Waals surface area contributed by atoms with Crippen molar-refractivity contribution in [3.63, 3.8) is 0 Å². The third-order valence-corrected chi connectivity index (χ3v) is 6.71. The van der Waals surface area contributed by atoms with E-state index in [9.17, 15) is 13.2 Å². The van der Waals surface area contributed by atoms with Crippen LogP contribution in [0.25, 0.3) is 0 Å². The van der Waals surface area contributed by atoms with Crippen LogP contribution in [-0.2, 0) is 19.4 Å². The van der Waals surface area contributed by atoms with Crippen LogP contribution in [0.15, 0.2) is 51.3 Å². The van der Waals surface area contributed by atoms with Crippen molar-refractivity contribution in [2.24, 2.45) is 0 Å². The number of hydrogen-bond donors (Lipinski definition) is 1. The Morgan fingerprint density at radius 3 is 2.63 bits per heavy atom. The van der Waals surface area contributed by atoms with Gasteiger partial charge < -0.3 is 10.1 Å². The summed E-state index contributed by atoms with van der Waals surface area (Å²) in [6.07, 6.45) is 2.10. The fraction of sp³-hybridized carbons (Fsp3) is 0.389.